The molecule has 1 aromatic carbocycles. The first-order valence-corrected chi connectivity index (χ1v) is 10.4. The number of ether oxygens (including phenoxy) is 2. The van der Waals surface area contributed by atoms with Gasteiger partial charge in [-0.15, -0.1) is 13.2 Å². The van der Waals surface area contributed by atoms with Crippen LogP contribution in [0.5, 0.6) is 5.75 Å². The number of hydrogen-bond acceptors (Lipinski definition) is 7. The average Bonchev–Trinajstić information content (AvgIpc) is 2.75. The molecule has 3 heterocycles. The molecule has 2 saturated heterocycles. The molecule has 0 spiro atoms. The van der Waals surface area contributed by atoms with Gasteiger partial charge in [0.25, 0.3) is 0 Å². The Bertz CT molecular complexity index is 844. The summed E-state index contributed by atoms with van der Waals surface area (Å²) in [6, 6.07) is 8.19. The second-order valence-electron chi connectivity index (χ2n) is 7.75. The van der Waals surface area contributed by atoms with Gasteiger partial charge in [-0.05, 0) is 43.1 Å². The quantitative estimate of drug-likeness (QED) is 0.744. The normalized spacial score (nSPS) is 20.5. The van der Waals surface area contributed by atoms with Crippen LogP contribution in [0, 0.1) is 0 Å². The van der Waals surface area contributed by atoms with Gasteiger partial charge in [0.1, 0.15) is 11.6 Å². The fourth-order valence-electron chi connectivity index (χ4n) is 3.93. The monoisotopic (exact) mass is 437 g/mol. The minimum atomic E-state index is -4.67. The van der Waals surface area contributed by atoms with Crippen molar-refractivity contribution in [3.63, 3.8) is 0 Å². The van der Waals surface area contributed by atoms with Crippen molar-refractivity contribution in [3.05, 3.63) is 42.1 Å². The molecular formula is C21H26F3N5O2. The number of benzene rings is 1. The minimum absolute atomic E-state index is 0.200. The lowest BCUT2D eigenvalue weighted by molar-refractivity contribution is -0.274. The Morgan fingerprint density at radius 2 is 1.87 bits per heavy atom. The highest BCUT2D eigenvalue weighted by Crippen LogP contribution is 2.24. The number of rotatable bonds is 6. The maximum absolute atomic E-state index is 12.3. The number of alkyl halides is 3. The molecule has 2 fully saturated rings. The molecule has 1 unspecified atom stereocenters. The Morgan fingerprint density at radius 1 is 1.10 bits per heavy atom. The Morgan fingerprint density at radius 3 is 2.61 bits per heavy atom. The van der Waals surface area contributed by atoms with Crippen LogP contribution in [0.15, 0.2) is 36.5 Å². The number of halogens is 3. The van der Waals surface area contributed by atoms with Crippen LogP contribution in [0.3, 0.4) is 0 Å². The second-order valence-corrected chi connectivity index (χ2v) is 7.75. The lowest BCUT2D eigenvalue weighted by Gasteiger charge is -2.33. The Labute approximate surface area is 179 Å². The summed E-state index contributed by atoms with van der Waals surface area (Å²) in [7, 11) is 0. The van der Waals surface area contributed by atoms with Gasteiger partial charge < -0.3 is 19.7 Å². The smallest absolute Gasteiger partial charge is 0.406 e. The lowest BCUT2D eigenvalue weighted by Crippen LogP contribution is -2.42. The van der Waals surface area contributed by atoms with Crippen LogP contribution < -0.4 is 15.0 Å². The van der Waals surface area contributed by atoms with E-state index in [-0.39, 0.29) is 11.8 Å². The van der Waals surface area contributed by atoms with E-state index in [9.17, 15) is 13.2 Å². The van der Waals surface area contributed by atoms with E-state index < -0.39 is 6.36 Å². The number of likely N-dealkylation sites (tertiary alicyclic amines) is 1. The van der Waals surface area contributed by atoms with Crippen LogP contribution in [0.1, 0.15) is 18.4 Å². The molecule has 0 aliphatic carbocycles. The average molecular weight is 437 g/mol. The van der Waals surface area contributed by atoms with E-state index >= 15 is 0 Å². The highest BCUT2D eigenvalue weighted by Gasteiger charge is 2.31. The SMILES string of the molecule is FC(F)(F)Oc1ccc(CN2CCCC(Nc3ccnc(N4CCOCC4)n3)C2)cc1. The third-order valence-electron chi connectivity index (χ3n) is 5.36. The van der Waals surface area contributed by atoms with E-state index in [0.717, 1.165) is 50.4 Å². The molecule has 1 N–H and O–H groups in total. The van der Waals surface area contributed by atoms with Crippen LogP contribution in [-0.2, 0) is 11.3 Å². The molecule has 31 heavy (non-hydrogen) atoms. The number of nitrogens with zero attached hydrogens (tertiary/aromatic N) is 4. The van der Waals surface area contributed by atoms with Crippen molar-refractivity contribution in [3.8, 4) is 5.75 Å². The summed E-state index contributed by atoms with van der Waals surface area (Å²) in [6.07, 6.45) is -0.832. The van der Waals surface area contributed by atoms with Gasteiger partial charge in [-0.3, -0.25) is 4.90 Å². The zero-order chi connectivity index (χ0) is 21.7. The molecular weight excluding hydrogens is 411 g/mol. The molecule has 10 heteroatoms. The molecule has 0 amide bonds. The summed E-state index contributed by atoms with van der Waals surface area (Å²) in [6.45, 7) is 5.39. The number of hydrogen-bond donors (Lipinski definition) is 1. The highest BCUT2D eigenvalue weighted by molar-refractivity contribution is 5.42. The number of morpholine rings is 1. The summed E-state index contributed by atoms with van der Waals surface area (Å²) in [4.78, 5) is 13.5. The number of aromatic nitrogens is 2. The molecule has 0 saturated carbocycles. The predicted octanol–water partition coefficient (Wildman–Crippen LogP) is 3.29. The van der Waals surface area contributed by atoms with Crippen LogP contribution in [-0.4, -0.2) is 66.7 Å². The third-order valence-corrected chi connectivity index (χ3v) is 5.36. The zero-order valence-electron chi connectivity index (χ0n) is 17.1. The first-order valence-electron chi connectivity index (χ1n) is 10.4. The Hall–Kier alpha value is -2.59. The van der Waals surface area contributed by atoms with E-state index in [1.807, 2.05) is 6.07 Å². The van der Waals surface area contributed by atoms with E-state index in [1.165, 1.54) is 12.1 Å². The van der Waals surface area contributed by atoms with Gasteiger partial charge in [-0.25, -0.2) is 4.98 Å². The fourth-order valence-corrected chi connectivity index (χ4v) is 3.93. The van der Waals surface area contributed by atoms with Crippen LogP contribution in [0.25, 0.3) is 0 Å². The molecule has 2 aromatic rings. The predicted molar refractivity (Wildman–Crippen MR) is 110 cm³/mol. The van der Waals surface area contributed by atoms with Gasteiger partial charge >= 0.3 is 6.36 Å². The molecule has 2 aliphatic heterocycles. The van der Waals surface area contributed by atoms with Gasteiger partial charge in [0.05, 0.1) is 13.2 Å². The van der Waals surface area contributed by atoms with E-state index in [2.05, 4.69) is 29.8 Å². The van der Waals surface area contributed by atoms with Crippen LogP contribution in [0.4, 0.5) is 24.9 Å². The lowest BCUT2D eigenvalue weighted by atomic mass is 10.0. The highest BCUT2D eigenvalue weighted by atomic mass is 19.4. The second kappa shape index (κ2) is 9.69. The molecule has 2 aliphatic rings. The minimum Gasteiger partial charge on any atom is -0.406 e. The van der Waals surface area contributed by atoms with Gasteiger partial charge in [0, 0.05) is 38.4 Å². The molecule has 168 valence electrons. The molecule has 7 nitrogen and oxygen atoms in total. The fraction of sp³-hybridized carbons (Fsp3) is 0.524. The summed E-state index contributed by atoms with van der Waals surface area (Å²) < 4.78 is 46.3. The van der Waals surface area contributed by atoms with Gasteiger partial charge in [-0.1, -0.05) is 12.1 Å². The van der Waals surface area contributed by atoms with Crippen molar-refractivity contribution in [2.45, 2.75) is 31.8 Å². The van der Waals surface area contributed by atoms with Gasteiger partial charge in [0.2, 0.25) is 5.95 Å². The number of nitrogens with one attached hydrogen (secondary N) is 1. The molecule has 1 aromatic heterocycles. The summed E-state index contributed by atoms with van der Waals surface area (Å²) in [5, 5.41) is 3.52. The molecule has 4 rings (SSSR count). The standard InChI is InChI=1S/C21H26F3N5O2/c22-21(23,24)31-18-5-3-16(4-6-18)14-28-9-1-2-17(15-28)26-19-7-8-25-20(27-19)29-10-12-30-13-11-29/h3-8,17H,1-2,9-15H2,(H,25,26,27). The summed E-state index contributed by atoms with van der Waals surface area (Å²) in [5.74, 6) is 1.31. The van der Waals surface area contributed by atoms with Crippen LogP contribution in [0.2, 0.25) is 0 Å². The van der Waals surface area contributed by atoms with Crippen molar-refractivity contribution < 1.29 is 22.6 Å². The van der Waals surface area contributed by atoms with Gasteiger partial charge in [-0.2, -0.15) is 4.98 Å². The maximum atomic E-state index is 12.3. The Kier molecular flexibility index (Phi) is 6.77. The molecule has 0 radical (unpaired) electrons. The topological polar surface area (TPSA) is 62.8 Å². The van der Waals surface area contributed by atoms with E-state index in [1.54, 1.807) is 18.3 Å². The Balaban J connectivity index is 1.31. The van der Waals surface area contributed by atoms with Crippen molar-refractivity contribution in [1.29, 1.82) is 0 Å². The largest absolute Gasteiger partial charge is 0.573 e. The van der Waals surface area contributed by atoms with Gasteiger partial charge in [0.15, 0.2) is 0 Å². The summed E-state index contributed by atoms with van der Waals surface area (Å²) in [5.41, 5.74) is 0.951. The third kappa shape index (κ3) is 6.44. The first kappa shape index (κ1) is 21.6. The van der Waals surface area contributed by atoms with Crippen molar-refractivity contribution in [2.75, 3.05) is 49.6 Å². The first-order chi connectivity index (χ1) is 14.9. The van der Waals surface area contributed by atoms with E-state index in [4.69, 9.17) is 4.74 Å². The zero-order valence-corrected chi connectivity index (χ0v) is 17.1. The van der Waals surface area contributed by atoms with Crippen molar-refractivity contribution >= 4 is 11.8 Å². The maximum Gasteiger partial charge on any atom is 0.573 e. The molecule has 0 bridgehead atoms. The number of piperidine rings is 1. The molecule has 1 atom stereocenters. The van der Waals surface area contributed by atoms with Crippen LogP contribution >= 0.6 is 0 Å². The number of anilines is 2. The van der Waals surface area contributed by atoms with E-state index in [0.29, 0.717) is 25.7 Å². The van der Waals surface area contributed by atoms with Crippen molar-refractivity contribution in [2.24, 2.45) is 0 Å². The summed E-state index contributed by atoms with van der Waals surface area (Å²) >= 11 is 0. The van der Waals surface area contributed by atoms with Crippen molar-refractivity contribution in [1.82, 2.24) is 14.9 Å².